The Hall–Kier alpha value is -1.88. The van der Waals surface area contributed by atoms with Crippen LogP contribution in [0.1, 0.15) is 49.5 Å². The number of hydrogen-bond donors (Lipinski definition) is 0. The summed E-state index contributed by atoms with van der Waals surface area (Å²) in [5.74, 6) is -0.277. The maximum absolute atomic E-state index is 12.8. The van der Waals surface area contributed by atoms with Crippen LogP contribution in [0.3, 0.4) is 0 Å². The fourth-order valence-corrected chi connectivity index (χ4v) is 2.76. The molecule has 0 atom stereocenters. The molecule has 0 fully saturated rings. The second-order valence-electron chi connectivity index (χ2n) is 6.10. The lowest BCUT2D eigenvalue weighted by atomic mass is 10.1. The quantitative estimate of drug-likeness (QED) is 0.577. The van der Waals surface area contributed by atoms with Gasteiger partial charge in [-0.3, -0.25) is 9.59 Å². The van der Waals surface area contributed by atoms with Gasteiger partial charge in [-0.1, -0.05) is 31.5 Å². The van der Waals surface area contributed by atoms with E-state index in [-0.39, 0.29) is 18.3 Å². The van der Waals surface area contributed by atoms with Gasteiger partial charge in [-0.05, 0) is 52.0 Å². The minimum Gasteiger partial charge on any atom is -0.466 e. The lowest BCUT2D eigenvalue weighted by Gasteiger charge is -2.25. The van der Waals surface area contributed by atoms with Crippen molar-refractivity contribution in [3.8, 4) is 0 Å². The topological polar surface area (TPSA) is 49.9 Å². The van der Waals surface area contributed by atoms with Crippen molar-refractivity contribution in [3.63, 3.8) is 0 Å². The Bertz CT molecular complexity index is 541. The molecule has 0 aliphatic rings. The van der Waals surface area contributed by atoms with E-state index in [1.54, 1.807) is 11.8 Å². The van der Waals surface area contributed by atoms with Gasteiger partial charge < -0.3 is 14.5 Å². The maximum Gasteiger partial charge on any atom is 0.307 e. The number of amides is 1. The van der Waals surface area contributed by atoms with Crippen LogP contribution >= 0.6 is 0 Å². The molecule has 0 saturated heterocycles. The Labute approximate surface area is 151 Å². The molecule has 0 unspecified atom stereocenters. The number of benzene rings is 1. The summed E-state index contributed by atoms with van der Waals surface area (Å²) in [4.78, 5) is 28.6. The minimum atomic E-state index is -0.256. The van der Waals surface area contributed by atoms with E-state index in [0.717, 1.165) is 31.6 Å². The van der Waals surface area contributed by atoms with Gasteiger partial charge in [0.05, 0.1) is 13.0 Å². The molecule has 0 heterocycles. The van der Waals surface area contributed by atoms with E-state index in [2.05, 4.69) is 18.7 Å². The van der Waals surface area contributed by atoms with Crippen LogP contribution in [0.15, 0.2) is 24.3 Å². The molecule has 0 bridgehead atoms. The third-order valence-corrected chi connectivity index (χ3v) is 4.24. The number of esters is 1. The Morgan fingerprint density at radius 1 is 1.04 bits per heavy atom. The first-order chi connectivity index (χ1) is 12.0. The number of hydrogen-bond acceptors (Lipinski definition) is 4. The van der Waals surface area contributed by atoms with Crippen molar-refractivity contribution in [2.75, 3.05) is 39.3 Å². The molecule has 25 heavy (non-hydrogen) atoms. The summed E-state index contributed by atoms with van der Waals surface area (Å²) in [6.45, 7) is 12.4. The number of ether oxygens (including phenoxy) is 1. The normalized spacial score (nSPS) is 10.8. The predicted octanol–water partition coefficient (Wildman–Crippen LogP) is 3.12. The molecule has 0 aliphatic heterocycles. The van der Waals surface area contributed by atoms with Crippen molar-refractivity contribution in [2.45, 2.75) is 40.5 Å². The number of rotatable bonds is 11. The summed E-state index contributed by atoms with van der Waals surface area (Å²) in [6, 6.07) is 7.59. The van der Waals surface area contributed by atoms with Crippen molar-refractivity contribution in [1.29, 1.82) is 0 Å². The zero-order valence-electron chi connectivity index (χ0n) is 16.1. The molecular formula is C20H32N2O3. The van der Waals surface area contributed by atoms with Crippen molar-refractivity contribution < 1.29 is 14.3 Å². The summed E-state index contributed by atoms with van der Waals surface area (Å²) >= 11 is 0. The Balaban J connectivity index is 2.72. The smallest absolute Gasteiger partial charge is 0.307 e. The van der Waals surface area contributed by atoms with E-state index >= 15 is 0 Å². The van der Waals surface area contributed by atoms with Crippen LogP contribution in [0.5, 0.6) is 0 Å². The van der Waals surface area contributed by atoms with E-state index in [1.807, 2.05) is 31.2 Å². The Kier molecular flexibility index (Phi) is 9.85. The van der Waals surface area contributed by atoms with Gasteiger partial charge in [-0.15, -0.1) is 0 Å². The number of carbonyl (C=O) groups excluding carboxylic acids is 2. The fraction of sp³-hybridized carbons (Fsp3) is 0.600. The highest BCUT2D eigenvalue weighted by atomic mass is 16.5. The van der Waals surface area contributed by atoms with Gasteiger partial charge in [0.2, 0.25) is 0 Å². The predicted molar refractivity (Wildman–Crippen MR) is 101 cm³/mol. The highest BCUT2D eigenvalue weighted by Gasteiger charge is 2.17. The van der Waals surface area contributed by atoms with Gasteiger partial charge >= 0.3 is 5.97 Å². The standard InChI is InChI=1S/C20H32N2O3/c1-5-21(6-2)13-9-14-22(15-12-19(23)25-7-3)20(24)18-11-8-10-17(4)16-18/h8,10-11,16H,5-7,9,12-15H2,1-4H3. The SMILES string of the molecule is CCOC(=O)CCN(CCCN(CC)CC)C(=O)c1cccc(C)c1. The zero-order valence-corrected chi connectivity index (χ0v) is 16.1. The largest absolute Gasteiger partial charge is 0.466 e. The summed E-state index contributed by atoms with van der Waals surface area (Å²) in [5.41, 5.74) is 1.73. The lowest BCUT2D eigenvalue weighted by molar-refractivity contribution is -0.143. The molecule has 1 rings (SSSR count). The van der Waals surface area contributed by atoms with Crippen LogP contribution in [0.4, 0.5) is 0 Å². The van der Waals surface area contributed by atoms with Crippen molar-refractivity contribution in [3.05, 3.63) is 35.4 Å². The van der Waals surface area contributed by atoms with Gasteiger partial charge in [-0.2, -0.15) is 0 Å². The molecule has 0 N–H and O–H groups in total. The fourth-order valence-electron chi connectivity index (χ4n) is 2.76. The van der Waals surface area contributed by atoms with Gasteiger partial charge in [0.15, 0.2) is 0 Å². The summed E-state index contributed by atoms with van der Waals surface area (Å²) in [5, 5.41) is 0. The van der Waals surface area contributed by atoms with Crippen LogP contribution < -0.4 is 0 Å². The lowest BCUT2D eigenvalue weighted by Crippen LogP contribution is -2.36. The molecule has 1 aromatic rings. The van der Waals surface area contributed by atoms with E-state index in [4.69, 9.17) is 4.74 Å². The molecule has 1 amide bonds. The zero-order chi connectivity index (χ0) is 18.7. The molecule has 0 aliphatic carbocycles. The van der Waals surface area contributed by atoms with Gasteiger partial charge in [-0.25, -0.2) is 0 Å². The first kappa shape index (κ1) is 21.2. The molecule has 0 saturated carbocycles. The third kappa shape index (κ3) is 7.69. The van der Waals surface area contributed by atoms with Crippen LogP contribution in [-0.4, -0.2) is 61.0 Å². The van der Waals surface area contributed by atoms with Gasteiger partial charge in [0.1, 0.15) is 0 Å². The Morgan fingerprint density at radius 3 is 2.36 bits per heavy atom. The van der Waals surface area contributed by atoms with Gasteiger partial charge in [0, 0.05) is 18.7 Å². The minimum absolute atomic E-state index is 0.0208. The number of carbonyl (C=O) groups is 2. The summed E-state index contributed by atoms with van der Waals surface area (Å²) in [6.07, 6.45) is 1.12. The van der Waals surface area contributed by atoms with Crippen molar-refractivity contribution in [1.82, 2.24) is 9.80 Å². The average Bonchev–Trinajstić information content (AvgIpc) is 2.61. The van der Waals surface area contributed by atoms with E-state index in [0.29, 0.717) is 25.3 Å². The van der Waals surface area contributed by atoms with Crippen LogP contribution in [0, 0.1) is 6.92 Å². The second-order valence-corrected chi connectivity index (χ2v) is 6.10. The highest BCUT2D eigenvalue weighted by Crippen LogP contribution is 2.10. The Morgan fingerprint density at radius 2 is 1.76 bits per heavy atom. The van der Waals surface area contributed by atoms with E-state index in [9.17, 15) is 9.59 Å². The molecule has 5 heteroatoms. The third-order valence-electron chi connectivity index (χ3n) is 4.24. The van der Waals surface area contributed by atoms with Crippen LogP contribution in [-0.2, 0) is 9.53 Å². The molecule has 0 radical (unpaired) electrons. The summed E-state index contributed by atoms with van der Waals surface area (Å²) in [7, 11) is 0. The first-order valence-electron chi connectivity index (χ1n) is 9.25. The van der Waals surface area contributed by atoms with Crippen molar-refractivity contribution in [2.24, 2.45) is 0 Å². The first-order valence-corrected chi connectivity index (χ1v) is 9.25. The number of aryl methyl sites for hydroxylation is 1. The molecule has 5 nitrogen and oxygen atoms in total. The monoisotopic (exact) mass is 348 g/mol. The van der Waals surface area contributed by atoms with Crippen molar-refractivity contribution >= 4 is 11.9 Å². The van der Waals surface area contributed by atoms with Crippen LogP contribution in [0.25, 0.3) is 0 Å². The average molecular weight is 348 g/mol. The number of nitrogens with zero attached hydrogens (tertiary/aromatic N) is 2. The van der Waals surface area contributed by atoms with Crippen LogP contribution in [0.2, 0.25) is 0 Å². The second kappa shape index (κ2) is 11.6. The highest BCUT2D eigenvalue weighted by molar-refractivity contribution is 5.94. The summed E-state index contributed by atoms with van der Waals surface area (Å²) < 4.78 is 4.99. The van der Waals surface area contributed by atoms with E-state index in [1.165, 1.54) is 0 Å². The van der Waals surface area contributed by atoms with Gasteiger partial charge in [0.25, 0.3) is 5.91 Å². The molecule has 1 aromatic carbocycles. The van der Waals surface area contributed by atoms with E-state index < -0.39 is 0 Å². The molecule has 0 spiro atoms. The maximum atomic E-state index is 12.8. The molecular weight excluding hydrogens is 316 g/mol. The molecule has 0 aromatic heterocycles. The molecule has 140 valence electrons.